The zero-order valence-corrected chi connectivity index (χ0v) is 30.2. The van der Waals surface area contributed by atoms with Crippen molar-refractivity contribution in [2.45, 2.75) is 112 Å². The number of allylic oxidation sites excluding steroid dienone is 2. The predicted octanol–water partition coefficient (Wildman–Crippen LogP) is 10.2. The number of nitrogens with one attached hydrogen (secondary N) is 1. The van der Waals surface area contributed by atoms with E-state index in [-0.39, 0.29) is 39.7 Å². The van der Waals surface area contributed by atoms with Gasteiger partial charge in [-0.15, -0.1) is 0 Å². The van der Waals surface area contributed by atoms with Crippen LogP contribution in [0.1, 0.15) is 106 Å². The number of carbonyl (C=O) groups excluding carboxylic acids is 1. The van der Waals surface area contributed by atoms with Crippen LogP contribution in [0.3, 0.4) is 0 Å². The lowest BCUT2D eigenvalue weighted by molar-refractivity contribution is -0.206. The molecule has 4 saturated carbocycles. The number of hydrogen-bond acceptors (Lipinski definition) is 4. The summed E-state index contributed by atoms with van der Waals surface area (Å²) in [4.78, 5) is 23.0. The number of carbonyl (C=O) groups is 1. The molecule has 0 bridgehead atoms. The Bertz CT molecular complexity index is 1760. The first-order valence-corrected chi connectivity index (χ1v) is 18.9. The molecule has 3 aromatic rings. The van der Waals surface area contributed by atoms with E-state index in [2.05, 4.69) is 59.5 Å². The van der Waals surface area contributed by atoms with E-state index in [1.54, 1.807) is 5.57 Å². The fraction of sp³-hybridized carbons (Fsp3) is 0.628. The number of para-hydroxylation sites is 2. The van der Waals surface area contributed by atoms with Crippen LogP contribution in [0.2, 0.25) is 0 Å². The molecule has 4 fully saturated rings. The highest BCUT2D eigenvalue weighted by atomic mass is 16.5. The molecule has 8 rings (SSSR count). The van der Waals surface area contributed by atoms with Gasteiger partial charge in [0, 0.05) is 5.56 Å². The Morgan fingerprint density at radius 2 is 1.69 bits per heavy atom. The predicted molar refractivity (Wildman–Crippen MR) is 192 cm³/mol. The molecule has 48 heavy (non-hydrogen) atoms. The van der Waals surface area contributed by atoms with Crippen molar-refractivity contribution < 1.29 is 14.6 Å². The van der Waals surface area contributed by atoms with E-state index >= 15 is 0 Å². The molecule has 5 aliphatic carbocycles. The quantitative estimate of drug-likeness (QED) is 0.168. The summed E-state index contributed by atoms with van der Waals surface area (Å²) in [5, 5.41) is 11.1. The molecular formula is C43H56N2O3. The number of esters is 1. The molecule has 2 aromatic carbocycles. The smallest absolute Gasteiger partial charge is 0.318 e. The lowest BCUT2D eigenvalue weighted by atomic mass is 9.33. The number of aliphatic hydroxyl groups excluding tert-OH is 1. The zero-order valence-electron chi connectivity index (χ0n) is 30.2. The fourth-order valence-electron chi connectivity index (χ4n) is 12.8. The summed E-state index contributed by atoms with van der Waals surface area (Å²) in [5.41, 5.74) is 4.27. The Morgan fingerprint density at radius 3 is 2.48 bits per heavy atom. The number of hydrogen-bond donors (Lipinski definition) is 2. The van der Waals surface area contributed by atoms with Crippen LogP contribution in [-0.4, -0.2) is 27.1 Å². The first-order chi connectivity index (χ1) is 22.7. The number of ether oxygens (including phenoxy) is 1. The molecule has 5 aliphatic rings. The van der Waals surface area contributed by atoms with Gasteiger partial charge in [-0.25, -0.2) is 4.98 Å². The van der Waals surface area contributed by atoms with Crippen molar-refractivity contribution in [1.82, 2.24) is 9.97 Å². The van der Waals surface area contributed by atoms with Crippen LogP contribution >= 0.6 is 0 Å². The number of benzene rings is 2. The normalized spacial score (nSPS) is 41.7. The molecule has 1 heterocycles. The Labute approximate surface area is 287 Å². The molecule has 2 N–H and O–H groups in total. The third kappa shape index (κ3) is 4.31. The molecule has 0 aliphatic heterocycles. The molecule has 5 nitrogen and oxygen atoms in total. The van der Waals surface area contributed by atoms with Crippen LogP contribution < -0.4 is 4.74 Å². The Hall–Kier alpha value is -2.92. The maximum Gasteiger partial charge on any atom is 0.318 e. The molecule has 0 amide bonds. The second-order valence-electron chi connectivity index (χ2n) is 18.2. The van der Waals surface area contributed by atoms with Crippen molar-refractivity contribution in [3.63, 3.8) is 0 Å². The third-order valence-corrected chi connectivity index (χ3v) is 16.1. The van der Waals surface area contributed by atoms with Gasteiger partial charge in [-0.1, -0.05) is 84.4 Å². The highest BCUT2D eigenvalue weighted by Gasteiger charge is 2.69. The maximum atomic E-state index is 14.8. The van der Waals surface area contributed by atoms with Gasteiger partial charge in [0.25, 0.3) is 0 Å². The number of aromatic amines is 1. The van der Waals surface area contributed by atoms with Gasteiger partial charge in [-0.2, -0.15) is 0 Å². The van der Waals surface area contributed by atoms with Gasteiger partial charge >= 0.3 is 5.97 Å². The van der Waals surface area contributed by atoms with E-state index in [1.165, 1.54) is 12.8 Å². The molecule has 1 aromatic heterocycles. The first-order valence-electron chi connectivity index (χ1n) is 18.9. The number of imidazole rings is 1. The first kappa shape index (κ1) is 32.3. The van der Waals surface area contributed by atoms with Crippen molar-refractivity contribution in [2.24, 2.45) is 56.7 Å². The topological polar surface area (TPSA) is 75.2 Å². The van der Waals surface area contributed by atoms with Gasteiger partial charge in [0.05, 0.1) is 22.6 Å². The molecule has 256 valence electrons. The minimum absolute atomic E-state index is 0.0399. The minimum Gasteiger partial charge on any atom is -0.426 e. The molecule has 0 saturated heterocycles. The lowest BCUT2D eigenvalue weighted by Crippen LogP contribution is -2.65. The Kier molecular flexibility index (Phi) is 7.26. The molecular weight excluding hydrogens is 592 g/mol. The monoisotopic (exact) mass is 648 g/mol. The number of aromatic nitrogens is 2. The highest BCUT2D eigenvalue weighted by molar-refractivity contribution is 5.82. The van der Waals surface area contributed by atoms with Crippen molar-refractivity contribution >= 4 is 17.0 Å². The van der Waals surface area contributed by atoms with Crippen molar-refractivity contribution in [2.75, 3.05) is 0 Å². The standard InChI is InChI=1S/C43H56N2O3/c1-26-17-22-43(38(47)48-29-12-10-11-28(25-29)37-44-31-13-8-9-14-32(31)45-37)24-23-41(6)30(36(43)27(26)2)15-16-34-40(5)20-19-35(46)39(3,4)33(40)18-21-42(34,41)7/h8-15,25-27,33-36,46H,16-24H2,1-7H3,(H,44,45)/t26-,27+,33+,34-,35+,36+,40+,41-,42-,43+/m1/s1. The van der Waals surface area contributed by atoms with Gasteiger partial charge in [0.1, 0.15) is 11.6 Å². The number of aliphatic hydroxyl groups is 1. The van der Waals surface area contributed by atoms with E-state index < -0.39 is 5.41 Å². The largest absolute Gasteiger partial charge is 0.426 e. The van der Waals surface area contributed by atoms with Crippen molar-refractivity contribution in [1.29, 1.82) is 0 Å². The van der Waals surface area contributed by atoms with Gasteiger partial charge in [-0.05, 0) is 133 Å². The van der Waals surface area contributed by atoms with Crippen LogP contribution in [-0.2, 0) is 4.79 Å². The molecule has 0 spiro atoms. The van der Waals surface area contributed by atoms with Crippen LogP contribution in [0.15, 0.2) is 60.2 Å². The fourth-order valence-corrected chi connectivity index (χ4v) is 12.8. The summed E-state index contributed by atoms with van der Waals surface area (Å²) in [7, 11) is 0. The number of H-pyrrole nitrogens is 1. The van der Waals surface area contributed by atoms with E-state index in [9.17, 15) is 9.90 Å². The maximum absolute atomic E-state index is 14.8. The van der Waals surface area contributed by atoms with Crippen LogP contribution in [0.25, 0.3) is 22.4 Å². The molecule has 0 radical (unpaired) electrons. The average molecular weight is 649 g/mol. The van der Waals surface area contributed by atoms with Crippen molar-refractivity contribution in [3.8, 4) is 17.1 Å². The second-order valence-corrected chi connectivity index (χ2v) is 18.2. The Balaban J connectivity index is 1.14. The van der Waals surface area contributed by atoms with Crippen LogP contribution in [0.5, 0.6) is 5.75 Å². The van der Waals surface area contributed by atoms with E-state index in [1.807, 2.05) is 48.5 Å². The number of rotatable bonds is 3. The van der Waals surface area contributed by atoms with E-state index in [0.717, 1.165) is 67.4 Å². The summed E-state index contributed by atoms with van der Waals surface area (Å²) >= 11 is 0. The summed E-state index contributed by atoms with van der Waals surface area (Å²) in [6, 6.07) is 15.9. The van der Waals surface area contributed by atoms with E-state index in [0.29, 0.717) is 29.4 Å². The highest BCUT2D eigenvalue weighted by Crippen LogP contribution is 2.75. The number of fused-ring (bicyclic) bond motifs is 8. The minimum atomic E-state index is -0.506. The summed E-state index contributed by atoms with van der Waals surface area (Å²) < 4.78 is 6.47. The van der Waals surface area contributed by atoms with Crippen LogP contribution in [0.4, 0.5) is 0 Å². The summed E-state index contributed by atoms with van der Waals surface area (Å²) in [6.45, 7) is 17.2. The van der Waals surface area contributed by atoms with Gasteiger partial charge in [0.2, 0.25) is 0 Å². The molecule has 0 unspecified atom stereocenters. The lowest BCUT2D eigenvalue weighted by Gasteiger charge is -2.71. The molecule has 5 heteroatoms. The SMILES string of the molecule is C[C@H]1[C@H](C)CC[C@]2(C(=O)Oc3cccc(-c4nc5ccccc5[nH]4)c3)CC[C@]3(C)C(=CC[C@@H]4[C@@]5(C)CC[C@H](O)C(C)(C)[C@@H]5CC[C@]43C)[C@H]12. The Morgan fingerprint density at radius 1 is 0.896 bits per heavy atom. The van der Waals surface area contributed by atoms with Gasteiger partial charge < -0.3 is 14.8 Å². The summed E-state index contributed by atoms with van der Waals surface area (Å²) in [5.74, 6) is 3.63. The van der Waals surface area contributed by atoms with Crippen molar-refractivity contribution in [3.05, 3.63) is 60.2 Å². The third-order valence-electron chi connectivity index (χ3n) is 16.1. The average Bonchev–Trinajstić information content (AvgIpc) is 3.50. The van der Waals surface area contributed by atoms with Crippen LogP contribution in [0, 0.1) is 56.7 Å². The summed E-state index contributed by atoms with van der Waals surface area (Å²) in [6.07, 6.45) is 11.8. The number of nitrogens with zero attached hydrogens (tertiary/aromatic N) is 1. The zero-order chi connectivity index (χ0) is 33.9. The van der Waals surface area contributed by atoms with E-state index in [4.69, 9.17) is 9.72 Å². The molecule has 10 atom stereocenters. The van der Waals surface area contributed by atoms with Gasteiger partial charge in [-0.3, -0.25) is 4.79 Å². The second kappa shape index (κ2) is 10.8. The van der Waals surface area contributed by atoms with Gasteiger partial charge in [0.15, 0.2) is 0 Å².